The zero-order chi connectivity index (χ0) is 12.5. The van der Waals surface area contributed by atoms with Crippen molar-refractivity contribution >= 4 is 5.97 Å². The van der Waals surface area contributed by atoms with Crippen LogP contribution in [0.5, 0.6) is 0 Å². The number of ether oxygens (including phenoxy) is 2. The minimum absolute atomic E-state index is 0.309. The molecule has 1 aliphatic rings. The molecule has 1 rings (SSSR count). The summed E-state index contributed by atoms with van der Waals surface area (Å²) in [5.74, 6) is -1.42. The smallest absolute Gasteiger partial charge is 0.335 e. The van der Waals surface area contributed by atoms with Crippen molar-refractivity contribution in [3.63, 3.8) is 0 Å². The lowest BCUT2D eigenvalue weighted by Crippen LogP contribution is -2.60. The summed E-state index contributed by atoms with van der Waals surface area (Å²) in [6.45, 7) is 3.34. The third kappa shape index (κ3) is 2.69. The van der Waals surface area contributed by atoms with Gasteiger partial charge in [-0.2, -0.15) is 0 Å². The number of hydrogen-bond acceptors (Lipinski definition) is 6. The first-order valence-electron chi connectivity index (χ1n) is 4.92. The highest BCUT2D eigenvalue weighted by molar-refractivity contribution is 5.73. The largest absolute Gasteiger partial charge is 0.479 e. The highest BCUT2D eigenvalue weighted by Crippen LogP contribution is 2.23. The zero-order valence-corrected chi connectivity index (χ0v) is 8.98. The van der Waals surface area contributed by atoms with Crippen LogP contribution in [0, 0.1) is 0 Å². The van der Waals surface area contributed by atoms with E-state index < -0.39 is 36.7 Å². The monoisotopic (exact) mass is 236 g/mol. The molecule has 0 radical (unpaired) electrons. The van der Waals surface area contributed by atoms with E-state index in [1.165, 1.54) is 0 Å². The maximum Gasteiger partial charge on any atom is 0.335 e. The molecule has 0 aromatic rings. The zero-order valence-electron chi connectivity index (χ0n) is 8.98. The molecule has 94 valence electrons. The molecule has 0 bridgehead atoms. The van der Waals surface area contributed by atoms with Crippen LogP contribution in [0.2, 0.25) is 0 Å². The van der Waals surface area contributed by atoms with Gasteiger partial charge in [0.1, 0.15) is 18.3 Å². The minimum atomic E-state index is -1.68. The van der Waals surface area contributed by atoms with Crippen LogP contribution in [0.25, 0.3) is 0 Å². The van der Waals surface area contributed by atoms with E-state index in [0.717, 1.165) is 0 Å². The first-order chi connectivity index (χ1) is 7.34. The second-order valence-electron chi connectivity index (χ2n) is 3.92. The van der Waals surface area contributed by atoms with E-state index in [1.807, 2.05) is 0 Å². The third-order valence-corrected chi connectivity index (χ3v) is 2.22. The molecule has 1 heterocycles. The summed E-state index contributed by atoms with van der Waals surface area (Å²) in [4.78, 5) is 10.7. The Morgan fingerprint density at radius 1 is 1.19 bits per heavy atom. The quantitative estimate of drug-likeness (QED) is 0.461. The molecular weight excluding hydrogens is 220 g/mol. The van der Waals surface area contributed by atoms with Gasteiger partial charge in [0.15, 0.2) is 12.4 Å². The van der Waals surface area contributed by atoms with Gasteiger partial charge < -0.3 is 29.9 Å². The number of aliphatic hydroxyl groups excluding tert-OH is 3. The number of carboxylic acids is 1. The lowest BCUT2D eigenvalue weighted by Gasteiger charge is -2.39. The lowest BCUT2D eigenvalue weighted by molar-refractivity contribution is -0.301. The highest BCUT2D eigenvalue weighted by Gasteiger charge is 2.47. The average molecular weight is 236 g/mol. The van der Waals surface area contributed by atoms with E-state index in [0.29, 0.717) is 0 Å². The summed E-state index contributed by atoms with van der Waals surface area (Å²) >= 11 is 0. The van der Waals surface area contributed by atoms with Crippen molar-refractivity contribution in [1.82, 2.24) is 0 Å². The molecule has 4 N–H and O–H groups in total. The average Bonchev–Trinajstić information content (AvgIpc) is 2.18. The van der Waals surface area contributed by atoms with Crippen LogP contribution in [0.3, 0.4) is 0 Å². The minimum Gasteiger partial charge on any atom is -0.479 e. The lowest BCUT2D eigenvalue weighted by atomic mass is 9.99. The number of aliphatic carboxylic acids is 1. The van der Waals surface area contributed by atoms with Crippen molar-refractivity contribution < 1.29 is 34.7 Å². The van der Waals surface area contributed by atoms with Crippen molar-refractivity contribution in [1.29, 1.82) is 0 Å². The van der Waals surface area contributed by atoms with E-state index in [1.54, 1.807) is 13.8 Å². The molecule has 0 aliphatic carbocycles. The summed E-state index contributed by atoms with van der Waals surface area (Å²) in [5, 5.41) is 37.0. The van der Waals surface area contributed by atoms with Gasteiger partial charge in [0.25, 0.3) is 0 Å². The van der Waals surface area contributed by atoms with Crippen LogP contribution in [-0.4, -0.2) is 63.2 Å². The molecule has 0 aromatic carbocycles. The van der Waals surface area contributed by atoms with Crippen molar-refractivity contribution in [3.05, 3.63) is 0 Å². The van der Waals surface area contributed by atoms with Crippen LogP contribution in [0.4, 0.5) is 0 Å². The highest BCUT2D eigenvalue weighted by atomic mass is 16.7. The van der Waals surface area contributed by atoms with Gasteiger partial charge in [0.05, 0.1) is 6.10 Å². The van der Waals surface area contributed by atoms with Crippen LogP contribution in [-0.2, 0) is 14.3 Å². The SMILES string of the molecule is CC(C)O[C@@H]1OC(C(=O)O)[C@H](O)C(O)[C@@H]1O. The van der Waals surface area contributed by atoms with Gasteiger partial charge in [-0.1, -0.05) is 0 Å². The fourth-order valence-electron chi connectivity index (χ4n) is 1.43. The Hall–Kier alpha value is -0.730. The molecule has 1 fully saturated rings. The number of aliphatic hydroxyl groups is 3. The third-order valence-electron chi connectivity index (χ3n) is 2.22. The number of carbonyl (C=O) groups is 1. The Morgan fingerprint density at radius 3 is 2.19 bits per heavy atom. The predicted molar refractivity (Wildman–Crippen MR) is 50.5 cm³/mol. The summed E-state index contributed by atoms with van der Waals surface area (Å²) in [5.41, 5.74) is 0. The fraction of sp³-hybridized carbons (Fsp3) is 0.889. The van der Waals surface area contributed by atoms with Gasteiger partial charge in [-0.05, 0) is 13.8 Å². The van der Waals surface area contributed by atoms with E-state index in [9.17, 15) is 20.1 Å². The molecule has 0 aromatic heterocycles. The number of hydrogen-bond donors (Lipinski definition) is 4. The molecule has 7 heteroatoms. The second kappa shape index (κ2) is 5.07. The molecule has 7 nitrogen and oxygen atoms in total. The van der Waals surface area contributed by atoms with Crippen LogP contribution >= 0.6 is 0 Å². The van der Waals surface area contributed by atoms with E-state index in [4.69, 9.17) is 14.6 Å². The molecule has 0 amide bonds. The topological polar surface area (TPSA) is 116 Å². The molecule has 5 atom stereocenters. The maximum absolute atomic E-state index is 10.7. The standard InChI is InChI=1S/C9H16O7/c1-3(2)15-9-6(12)4(10)5(11)7(16-9)8(13)14/h3-7,9-12H,1-2H3,(H,13,14)/t4?,5-,6+,7?,9-/m1/s1. The first kappa shape index (κ1) is 13.3. The van der Waals surface area contributed by atoms with E-state index in [2.05, 4.69) is 0 Å². The van der Waals surface area contributed by atoms with Gasteiger partial charge in [0.2, 0.25) is 0 Å². The Labute approximate surface area is 92.2 Å². The van der Waals surface area contributed by atoms with Gasteiger partial charge in [-0.3, -0.25) is 0 Å². The van der Waals surface area contributed by atoms with Gasteiger partial charge in [-0.25, -0.2) is 4.79 Å². The van der Waals surface area contributed by atoms with Crippen molar-refractivity contribution in [2.24, 2.45) is 0 Å². The van der Waals surface area contributed by atoms with Crippen LogP contribution < -0.4 is 0 Å². The Morgan fingerprint density at radius 2 is 1.75 bits per heavy atom. The van der Waals surface area contributed by atoms with Crippen molar-refractivity contribution in [2.45, 2.75) is 50.7 Å². The van der Waals surface area contributed by atoms with E-state index >= 15 is 0 Å². The summed E-state index contributed by atoms with van der Waals surface area (Å²) in [6.07, 6.45) is -7.95. The second-order valence-corrected chi connectivity index (χ2v) is 3.92. The first-order valence-corrected chi connectivity index (χ1v) is 4.92. The van der Waals surface area contributed by atoms with Gasteiger partial charge in [0, 0.05) is 0 Å². The normalized spacial score (nSPS) is 40.0. The van der Waals surface area contributed by atoms with Crippen molar-refractivity contribution in [2.75, 3.05) is 0 Å². The summed E-state index contributed by atoms with van der Waals surface area (Å²) in [6, 6.07) is 0. The Kier molecular flexibility index (Phi) is 4.22. The number of carboxylic acid groups (broad SMARTS) is 1. The molecule has 2 unspecified atom stereocenters. The Balaban J connectivity index is 2.77. The van der Waals surface area contributed by atoms with Crippen molar-refractivity contribution in [3.8, 4) is 0 Å². The molecule has 1 saturated heterocycles. The molecule has 0 saturated carbocycles. The molecule has 0 spiro atoms. The molecule has 1 aliphatic heterocycles. The van der Waals surface area contributed by atoms with Crippen LogP contribution in [0.1, 0.15) is 13.8 Å². The maximum atomic E-state index is 10.7. The Bertz CT molecular complexity index is 254. The van der Waals surface area contributed by atoms with E-state index in [-0.39, 0.29) is 6.10 Å². The van der Waals surface area contributed by atoms with Gasteiger partial charge >= 0.3 is 5.97 Å². The summed E-state index contributed by atoms with van der Waals surface area (Å²) in [7, 11) is 0. The fourth-order valence-corrected chi connectivity index (χ4v) is 1.43. The van der Waals surface area contributed by atoms with Gasteiger partial charge in [-0.15, -0.1) is 0 Å². The predicted octanol–water partition coefficient (Wildman–Crippen LogP) is -1.70. The number of rotatable bonds is 3. The molecular formula is C9H16O7. The summed E-state index contributed by atoms with van der Waals surface area (Å²) < 4.78 is 9.97. The van der Waals surface area contributed by atoms with Crippen LogP contribution in [0.15, 0.2) is 0 Å². The molecule has 16 heavy (non-hydrogen) atoms.